The van der Waals surface area contributed by atoms with Crippen LogP contribution in [0.2, 0.25) is 0 Å². The summed E-state index contributed by atoms with van der Waals surface area (Å²) in [4.78, 5) is 3.81. The van der Waals surface area contributed by atoms with Crippen molar-refractivity contribution in [1.29, 1.82) is 0 Å². The molecule has 14 heavy (non-hydrogen) atoms. The van der Waals surface area contributed by atoms with Crippen molar-refractivity contribution in [2.24, 2.45) is 0 Å². The summed E-state index contributed by atoms with van der Waals surface area (Å²) in [5, 5.41) is 17.8. The Bertz CT molecular complexity index is 317. The minimum absolute atomic E-state index is 0.136. The van der Waals surface area contributed by atoms with Gasteiger partial charge in [0.25, 0.3) is 0 Å². The summed E-state index contributed by atoms with van der Waals surface area (Å²) in [5.74, 6) is 0.489. The summed E-state index contributed by atoms with van der Waals surface area (Å²) in [5.41, 5.74) is 0.304. The van der Waals surface area contributed by atoms with Gasteiger partial charge in [0, 0.05) is 11.7 Å². The minimum atomic E-state index is -1.52. The minimum Gasteiger partial charge on any atom is -0.485 e. The predicted octanol–water partition coefficient (Wildman–Crippen LogP) is -0.285. The van der Waals surface area contributed by atoms with E-state index in [2.05, 4.69) is 11.6 Å². The zero-order chi connectivity index (χ0) is 10.6. The summed E-state index contributed by atoms with van der Waals surface area (Å²) >= 11 is 0. The molecule has 0 aromatic carbocycles. The lowest BCUT2D eigenvalue weighted by atomic mass is 9.82. The van der Waals surface area contributed by atoms with Crippen molar-refractivity contribution >= 4 is 12.6 Å². The molecular weight excluding hydrogens is 181 g/mol. The predicted molar refractivity (Wildman–Crippen MR) is 54.3 cm³/mol. The van der Waals surface area contributed by atoms with E-state index in [-0.39, 0.29) is 6.10 Å². The maximum atomic E-state index is 8.88. The molecule has 1 unspecified atom stereocenters. The second kappa shape index (κ2) is 4.78. The van der Waals surface area contributed by atoms with E-state index in [9.17, 15) is 0 Å². The zero-order valence-corrected chi connectivity index (χ0v) is 7.92. The zero-order valence-electron chi connectivity index (χ0n) is 7.92. The quantitative estimate of drug-likeness (QED) is 0.509. The van der Waals surface area contributed by atoms with E-state index in [1.54, 1.807) is 6.08 Å². The molecular formula is C9H12BNO3. The Kier molecular flexibility index (Phi) is 3.68. The molecule has 1 aromatic heterocycles. The Morgan fingerprint density at radius 2 is 2.29 bits per heavy atom. The van der Waals surface area contributed by atoms with Gasteiger partial charge < -0.3 is 14.8 Å². The molecule has 1 rings (SSSR count). The third-order valence-corrected chi connectivity index (χ3v) is 1.69. The lowest BCUT2D eigenvalue weighted by molar-refractivity contribution is 0.269. The van der Waals surface area contributed by atoms with Crippen LogP contribution >= 0.6 is 0 Å². The molecule has 0 spiro atoms. The first-order valence-corrected chi connectivity index (χ1v) is 4.23. The maximum absolute atomic E-state index is 8.88. The highest BCUT2D eigenvalue weighted by molar-refractivity contribution is 6.58. The van der Waals surface area contributed by atoms with E-state index in [4.69, 9.17) is 14.8 Å². The van der Waals surface area contributed by atoms with Gasteiger partial charge >= 0.3 is 7.12 Å². The average molecular weight is 193 g/mol. The Balaban J connectivity index is 2.78. The van der Waals surface area contributed by atoms with Crippen LogP contribution in [-0.4, -0.2) is 28.3 Å². The highest BCUT2D eigenvalue weighted by atomic mass is 16.5. The van der Waals surface area contributed by atoms with Gasteiger partial charge in [-0.3, -0.25) is 4.98 Å². The van der Waals surface area contributed by atoms with Gasteiger partial charge in [0.05, 0.1) is 6.20 Å². The van der Waals surface area contributed by atoms with Gasteiger partial charge in [0.15, 0.2) is 0 Å². The number of aromatic nitrogens is 1. The fourth-order valence-electron chi connectivity index (χ4n) is 0.904. The van der Waals surface area contributed by atoms with E-state index in [0.29, 0.717) is 11.2 Å². The second-order valence-corrected chi connectivity index (χ2v) is 2.89. The average Bonchev–Trinajstić information content (AvgIpc) is 2.18. The molecule has 0 aliphatic carbocycles. The molecule has 0 radical (unpaired) electrons. The Labute approximate surface area is 83.0 Å². The van der Waals surface area contributed by atoms with Crippen LogP contribution in [0, 0.1) is 0 Å². The van der Waals surface area contributed by atoms with Gasteiger partial charge in [0.2, 0.25) is 0 Å². The number of hydrogen-bond donors (Lipinski definition) is 2. The molecule has 0 fully saturated rings. The van der Waals surface area contributed by atoms with Crippen molar-refractivity contribution in [1.82, 2.24) is 4.98 Å². The third-order valence-electron chi connectivity index (χ3n) is 1.69. The summed E-state index contributed by atoms with van der Waals surface area (Å²) in [6.07, 6.45) is 4.38. The SMILES string of the molecule is C=CC(C)Oc1cncc(B(O)O)c1. The second-order valence-electron chi connectivity index (χ2n) is 2.89. The highest BCUT2D eigenvalue weighted by Gasteiger charge is 2.12. The molecule has 0 aliphatic rings. The fraction of sp³-hybridized carbons (Fsp3) is 0.222. The Morgan fingerprint density at radius 3 is 2.86 bits per heavy atom. The highest BCUT2D eigenvalue weighted by Crippen LogP contribution is 2.08. The number of nitrogens with zero attached hydrogens (tertiary/aromatic N) is 1. The van der Waals surface area contributed by atoms with Gasteiger partial charge in [-0.2, -0.15) is 0 Å². The maximum Gasteiger partial charge on any atom is 0.490 e. The smallest absolute Gasteiger partial charge is 0.485 e. The number of pyridine rings is 1. The van der Waals surface area contributed by atoms with Gasteiger partial charge in [0.1, 0.15) is 11.9 Å². The van der Waals surface area contributed by atoms with Crippen LogP contribution in [0.4, 0.5) is 0 Å². The summed E-state index contributed by atoms with van der Waals surface area (Å²) in [6.45, 7) is 5.40. The van der Waals surface area contributed by atoms with Crippen LogP contribution in [0.15, 0.2) is 31.1 Å². The Morgan fingerprint density at radius 1 is 1.57 bits per heavy atom. The molecule has 2 N–H and O–H groups in total. The van der Waals surface area contributed by atoms with Crippen molar-refractivity contribution in [2.75, 3.05) is 0 Å². The molecule has 0 saturated carbocycles. The fourth-order valence-corrected chi connectivity index (χ4v) is 0.904. The molecule has 1 heterocycles. The molecule has 74 valence electrons. The number of hydrogen-bond acceptors (Lipinski definition) is 4. The topological polar surface area (TPSA) is 62.6 Å². The van der Waals surface area contributed by atoms with Crippen LogP contribution in [0.5, 0.6) is 5.75 Å². The van der Waals surface area contributed by atoms with Crippen LogP contribution < -0.4 is 10.2 Å². The van der Waals surface area contributed by atoms with E-state index in [0.717, 1.165) is 0 Å². The number of ether oxygens (including phenoxy) is 1. The molecule has 0 bridgehead atoms. The van der Waals surface area contributed by atoms with Crippen molar-refractivity contribution in [3.05, 3.63) is 31.1 Å². The van der Waals surface area contributed by atoms with E-state index in [1.807, 2.05) is 6.92 Å². The molecule has 4 nitrogen and oxygen atoms in total. The molecule has 0 aliphatic heterocycles. The van der Waals surface area contributed by atoms with Crippen LogP contribution in [0.1, 0.15) is 6.92 Å². The lowest BCUT2D eigenvalue weighted by Gasteiger charge is -2.10. The first kappa shape index (κ1) is 10.8. The first-order chi connectivity index (χ1) is 6.63. The van der Waals surface area contributed by atoms with Crippen LogP contribution in [0.25, 0.3) is 0 Å². The first-order valence-electron chi connectivity index (χ1n) is 4.23. The van der Waals surface area contributed by atoms with Crippen molar-refractivity contribution in [3.8, 4) is 5.75 Å². The Hall–Kier alpha value is -1.33. The molecule has 5 heteroatoms. The monoisotopic (exact) mass is 193 g/mol. The molecule has 0 saturated heterocycles. The van der Waals surface area contributed by atoms with Crippen molar-refractivity contribution in [3.63, 3.8) is 0 Å². The molecule has 1 aromatic rings. The summed E-state index contributed by atoms with van der Waals surface area (Å²) in [7, 11) is -1.52. The molecule has 1 atom stereocenters. The lowest BCUT2D eigenvalue weighted by Crippen LogP contribution is -2.30. The molecule has 0 amide bonds. The largest absolute Gasteiger partial charge is 0.490 e. The normalized spacial score (nSPS) is 11.9. The van der Waals surface area contributed by atoms with Gasteiger partial charge in [-0.25, -0.2) is 0 Å². The van der Waals surface area contributed by atoms with Crippen molar-refractivity contribution < 1.29 is 14.8 Å². The van der Waals surface area contributed by atoms with Gasteiger partial charge in [-0.1, -0.05) is 12.7 Å². The van der Waals surface area contributed by atoms with E-state index in [1.165, 1.54) is 18.5 Å². The number of rotatable bonds is 4. The third kappa shape index (κ3) is 2.87. The van der Waals surface area contributed by atoms with Crippen LogP contribution in [0.3, 0.4) is 0 Å². The van der Waals surface area contributed by atoms with Gasteiger partial charge in [-0.05, 0) is 13.0 Å². The summed E-state index contributed by atoms with van der Waals surface area (Å²) in [6, 6.07) is 1.53. The summed E-state index contributed by atoms with van der Waals surface area (Å²) < 4.78 is 5.35. The van der Waals surface area contributed by atoms with Gasteiger partial charge in [-0.15, -0.1) is 0 Å². The van der Waals surface area contributed by atoms with Crippen LogP contribution in [-0.2, 0) is 0 Å². The van der Waals surface area contributed by atoms with E-state index >= 15 is 0 Å². The standard InChI is InChI=1S/C9H12BNO3/c1-3-7(2)14-9-4-8(10(12)13)5-11-6-9/h3-7,12-13H,1H2,2H3. The van der Waals surface area contributed by atoms with E-state index < -0.39 is 7.12 Å². The van der Waals surface area contributed by atoms with Crippen molar-refractivity contribution in [2.45, 2.75) is 13.0 Å².